The number of carbonyl (C=O) groups is 2. The topological polar surface area (TPSA) is 70.7 Å². The average Bonchev–Trinajstić information content (AvgIpc) is 3.21. The van der Waals surface area contributed by atoms with Gasteiger partial charge in [-0.05, 0) is 60.8 Å². The van der Waals surface area contributed by atoms with E-state index in [1.165, 1.54) is 0 Å². The fourth-order valence-corrected chi connectivity index (χ4v) is 5.19. The van der Waals surface area contributed by atoms with Gasteiger partial charge in [0.05, 0.1) is 24.1 Å². The van der Waals surface area contributed by atoms with Crippen LogP contribution in [0.2, 0.25) is 5.02 Å². The third kappa shape index (κ3) is 6.52. The van der Waals surface area contributed by atoms with Crippen molar-refractivity contribution in [3.8, 4) is 0 Å². The molecule has 2 unspecified atom stereocenters. The van der Waals surface area contributed by atoms with E-state index in [2.05, 4.69) is 57.4 Å². The molecule has 196 valence electrons. The SMILES string of the molecule is CCOC(=O)C1CNCC1N1C=C(C(C)C)[C@](C)(c2ccc(CCC(C)(C)C)c(Cl)c2)NC1=O.Cl. The molecule has 0 saturated carbocycles. The lowest BCUT2D eigenvalue weighted by Gasteiger charge is -2.44. The first-order valence-electron chi connectivity index (χ1n) is 12.4. The Morgan fingerprint density at radius 2 is 1.97 bits per heavy atom. The van der Waals surface area contributed by atoms with Crippen molar-refractivity contribution in [3.05, 3.63) is 46.1 Å². The van der Waals surface area contributed by atoms with Crippen LogP contribution < -0.4 is 10.6 Å². The van der Waals surface area contributed by atoms with Gasteiger partial charge in [-0.2, -0.15) is 0 Å². The van der Waals surface area contributed by atoms with Gasteiger partial charge in [0.15, 0.2) is 0 Å². The van der Waals surface area contributed by atoms with Crippen molar-refractivity contribution in [1.29, 1.82) is 0 Å². The number of benzene rings is 1. The van der Waals surface area contributed by atoms with Gasteiger partial charge in [0, 0.05) is 24.3 Å². The Hall–Kier alpha value is -1.76. The molecule has 3 rings (SSSR count). The Labute approximate surface area is 221 Å². The van der Waals surface area contributed by atoms with Gasteiger partial charge >= 0.3 is 12.0 Å². The van der Waals surface area contributed by atoms with Crippen LogP contribution in [0.5, 0.6) is 0 Å². The van der Waals surface area contributed by atoms with Crippen LogP contribution in [0.4, 0.5) is 4.79 Å². The molecule has 0 radical (unpaired) electrons. The lowest BCUT2D eigenvalue weighted by atomic mass is 9.77. The Morgan fingerprint density at radius 3 is 2.54 bits per heavy atom. The van der Waals surface area contributed by atoms with Crippen molar-refractivity contribution in [3.63, 3.8) is 0 Å². The van der Waals surface area contributed by atoms with Gasteiger partial charge in [-0.1, -0.05) is 58.4 Å². The zero-order valence-corrected chi connectivity index (χ0v) is 23.6. The maximum atomic E-state index is 13.4. The number of halogens is 2. The molecular formula is C27H41Cl2N3O3. The number of ether oxygens (including phenoxy) is 1. The normalized spacial score (nSPS) is 24.7. The van der Waals surface area contributed by atoms with Crippen LogP contribution in [0.15, 0.2) is 30.0 Å². The van der Waals surface area contributed by atoms with E-state index in [9.17, 15) is 9.59 Å². The molecule has 2 aliphatic heterocycles. The lowest BCUT2D eigenvalue weighted by molar-refractivity contribution is -0.148. The monoisotopic (exact) mass is 525 g/mol. The summed E-state index contributed by atoms with van der Waals surface area (Å²) >= 11 is 6.72. The van der Waals surface area contributed by atoms with E-state index < -0.39 is 11.5 Å². The van der Waals surface area contributed by atoms with Crippen molar-refractivity contribution in [2.45, 2.75) is 72.9 Å². The molecule has 0 aromatic heterocycles. The zero-order chi connectivity index (χ0) is 25.3. The summed E-state index contributed by atoms with van der Waals surface area (Å²) in [5.41, 5.74) is 2.69. The Morgan fingerprint density at radius 1 is 1.29 bits per heavy atom. The summed E-state index contributed by atoms with van der Waals surface area (Å²) in [5.74, 6) is -0.491. The number of amides is 2. The number of urea groups is 1. The minimum absolute atomic E-state index is 0. The van der Waals surface area contributed by atoms with Gasteiger partial charge in [-0.25, -0.2) is 4.79 Å². The molecule has 2 aliphatic rings. The van der Waals surface area contributed by atoms with E-state index in [1.807, 2.05) is 19.2 Å². The van der Waals surface area contributed by atoms with Crippen molar-refractivity contribution < 1.29 is 14.3 Å². The molecule has 8 heteroatoms. The maximum Gasteiger partial charge on any atom is 0.322 e. The molecule has 0 spiro atoms. The average molecular weight is 527 g/mol. The highest BCUT2D eigenvalue weighted by molar-refractivity contribution is 6.31. The summed E-state index contributed by atoms with van der Waals surface area (Å²) in [6.45, 7) is 16.1. The zero-order valence-electron chi connectivity index (χ0n) is 22.0. The first kappa shape index (κ1) is 29.5. The van der Waals surface area contributed by atoms with E-state index in [4.69, 9.17) is 16.3 Å². The largest absolute Gasteiger partial charge is 0.466 e. The second kappa shape index (κ2) is 11.5. The molecule has 1 aromatic rings. The minimum atomic E-state index is -0.695. The third-order valence-corrected chi connectivity index (χ3v) is 7.32. The van der Waals surface area contributed by atoms with Crippen LogP contribution >= 0.6 is 24.0 Å². The number of carbonyl (C=O) groups excluding carboxylic acids is 2. The summed E-state index contributed by atoms with van der Waals surface area (Å²) in [6, 6.07) is 5.64. The number of rotatable bonds is 7. The van der Waals surface area contributed by atoms with Crippen molar-refractivity contribution in [2.75, 3.05) is 19.7 Å². The predicted octanol–water partition coefficient (Wildman–Crippen LogP) is 5.67. The van der Waals surface area contributed by atoms with Gasteiger partial charge in [-0.15, -0.1) is 12.4 Å². The van der Waals surface area contributed by atoms with Gasteiger partial charge in [0.25, 0.3) is 0 Å². The Bertz CT molecular complexity index is 957. The standard InChI is InChI=1S/C27H40ClN3O3.ClH/c1-8-34-24(32)20-14-29-15-23(20)31-16-21(17(2)3)27(7,30-25(31)33)19-10-9-18(22(28)13-19)11-12-26(4,5)6;/h9-10,13,16-17,20,23,29H,8,11-12,14-15H2,1-7H3,(H,30,33);1H/t20?,23?,27-;/m0./s1. The molecule has 2 amide bonds. The van der Waals surface area contributed by atoms with E-state index in [0.29, 0.717) is 19.7 Å². The highest BCUT2D eigenvalue weighted by Gasteiger charge is 2.45. The smallest absolute Gasteiger partial charge is 0.322 e. The fraction of sp³-hybridized carbons (Fsp3) is 0.630. The second-order valence-electron chi connectivity index (χ2n) is 11.2. The number of hydrogen-bond acceptors (Lipinski definition) is 4. The number of hydrogen-bond donors (Lipinski definition) is 2. The fourth-order valence-electron chi connectivity index (χ4n) is 4.92. The van der Waals surface area contributed by atoms with Crippen LogP contribution in [0.25, 0.3) is 0 Å². The molecule has 0 bridgehead atoms. The molecule has 2 heterocycles. The molecular weight excluding hydrogens is 485 g/mol. The molecule has 3 atom stereocenters. The highest BCUT2D eigenvalue weighted by Crippen LogP contribution is 2.40. The second-order valence-corrected chi connectivity index (χ2v) is 11.6. The molecule has 6 nitrogen and oxygen atoms in total. The molecule has 0 aliphatic carbocycles. The van der Waals surface area contributed by atoms with Crippen molar-refractivity contribution >= 4 is 36.0 Å². The van der Waals surface area contributed by atoms with Gasteiger partial charge in [0.2, 0.25) is 0 Å². The van der Waals surface area contributed by atoms with E-state index >= 15 is 0 Å². The number of nitrogens with zero attached hydrogens (tertiary/aromatic N) is 1. The molecule has 1 saturated heterocycles. The number of nitrogens with one attached hydrogen (secondary N) is 2. The number of esters is 1. The first-order chi connectivity index (χ1) is 15.9. The summed E-state index contributed by atoms with van der Waals surface area (Å²) in [5, 5.41) is 7.21. The highest BCUT2D eigenvalue weighted by atomic mass is 35.5. The molecule has 1 aromatic carbocycles. The van der Waals surface area contributed by atoms with Crippen molar-refractivity contribution in [2.24, 2.45) is 17.3 Å². The first-order valence-corrected chi connectivity index (χ1v) is 12.7. The lowest BCUT2D eigenvalue weighted by Crippen LogP contribution is -2.58. The van der Waals surface area contributed by atoms with E-state index in [-0.39, 0.29) is 41.8 Å². The quantitative estimate of drug-likeness (QED) is 0.449. The van der Waals surface area contributed by atoms with E-state index in [0.717, 1.165) is 34.6 Å². The van der Waals surface area contributed by atoms with Crippen LogP contribution in [-0.4, -0.2) is 42.6 Å². The third-order valence-electron chi connectivity index (χ3n) is 6.97. The van der Waals surface area contributed by atoms with Crippen LogP contribution in [0.1, 0.15) is 66.0 Å². The van der Waals surface area contributed by atoms with E-state index in [1.54, 1.807) is 11.8 Å². The van der Waals surface area contributed by atoms with Gasteiger partial charge < -0.3 is 15.4 Å². The van der Waals surface area contributed by atoms with Crippen LogP contribution in [0, 0.1) is 17.3 Å². The summed E-state index contributed by atoms with van der Waals surface area (Å²) in [4.78, 5) is 27.6. The Kier molecular flexibility index (Phi) is 9.71. The van der Waals surface area contributed by atoms with Crippen molar-refractivity contribution in [1.82, 2.24) is 15.5 Å². The molecule has 35 heavy (non-hydrogen) atoms. The summed E-state index contributed by atoms with van der Waals surface area (Å²) in [6.07, 6.45) is 3.90. The summed E-state index contributed by atoms with van der Waals surface area (Å²) in [7, 11) is 0. The van der Waals surface area contributed by atoms with Gasteiger partial charge in [0.1, 0.15) is 0 Å². The molecule has 1 fully saturated rings. The molecule has 2 N–H and O–H groups in total. The summed E-state index contributed by atoms with van der Waals surface area (Å²) < 4.78 is 5.26. The Balaban J connectivity index is 0.00000432. The number of aryl methyl sites for hydroxylation is 1. The van der Waals surface area contributed by atoms with Crippen LogP contribution in [-0.2, 0) is 21.5 Å². The predicted molar refractivity (Wildman–Crippen MR) is 144 cm³/mol. The van der Waals surface area contributed by atoms with Crippen LogP contribution in [0.3, 0.4) is 0 Å². The minimum Gasteiger partial charge on any atom is -0.466 e. The maximum absolute atomic E-state index is 13.4. The van der Waals surface area contributed by atoms with Gasteiger partial charge in [-0.3, -0.25) is 9.69 Å².